The molecule has 0 aliphatic carbocycles. The molecule has 4 rings (SSSR count). The van der Waals surface area contributed by atoms with E-state index in [1.807, 2.05) is 42.2 Å². The van der Waals surface area contributed by atoms with Crippen molar-refractivity contribution in [3.63, 3.8) is 0 Å². The number of hydrogen-bond donors (Lipinski definition) is 1. The molecule has 7 nitrogen and oxygen atoms in total. The van der Waals surface area contributed by atoms with Gasteiger partial charge in [0.1, 0.15) is 6.04 Å². The van der Waals surface area contributed by atoms with Crippen molar-refractivity contribution in [1.82, 2.24) is 9.80 Å². The summed E-state index contributed by atoms with van der Waals surface area (Å²) in [5.74, 6) is -2.04. The zero-order valence-electron chi connectivity index (χ0n) is 25.8. The number of aliphatic hydroxyl groups is 1. The van der Waals surface area contributed by atoms with E-state index >= 15 is 4.79 Å². The van der Waals surface area contributed by atoms with Crippen molar-refractivity contribution in [3.05, 3.63) is 48.6 Å². The third-order valence-electron chi connectivity index (χ3n) is 9.18. The lowest BCUT2D eigenvalue weighted by Gasteiger charge is -2.46. The molecule has 1 N–H and O–H groups in total. The molecule has 6 atom stereocenters. The fraction of sp³-hybridized carbons (Fsp3) is 0.667. The lowest BCUT2D eigenvalue weighted by Crippen LogP contribution is -2.61. The Morgan fingerprint density at radius 1 is 1.22 bits per heavy atom. The summed E-state index contributed by atoms with van der Waals surface area (Å²) in [5, 5.41) is 10.7. The summed E-state index contributed by atoms with van der Waals surface area (Å²) in [6.45, 7) is 18.7. The van der Waals surface area contributed by atoms with Gasteiger partial charge >= 0.3 is 5.97 Å². The quantitative estimate of drug-likeness (QED) is 0.295. The molecular weight excluding hydrogens is 536 g/mol. The number of aliphatic hydroxyl groups excluding tert-OH is 1. The number of fused-ring (bicyclic) bond motifs is 1. The monoisotopic (exact) mass is 584 g/mol. The van der Waals surface area contributed by atoms with Crippen molar-refractivity contribution in [2.75, 3.05) is 19.8 Å². The maximum atomic E-state index is 15.0. The molecule has 0 saturated carbocycles. The van der Waals surface area contributed by atoms with Gasteiger partial charge in [-0.05, 0) is 64.4 Å². The maximum absolute atomic E-state index is 15.0. The number of amides is 2. The van der Waals surface area contributed by atoms with Crippen molar-refractivity contribution in [2.45, 2.75) is 101 Å². The summed E-state index contributed by atoms with van der Waals surface area (Å²) in [6.07, 6.45) is 4.28. The summed E-state index contributed by atoms with van der Waals surface area (Å²) < 4.78 is 4.26. The molecule has 8 heteroatoms. The fourth-order valence-electron chi connectivity index (χ4n) is 8.07. The molecule has 2 bridgehead atoms. The first-order chi connectivity index (χ1) is 19.2. The minimum absolute atomic E-state index is 0.0425. The summed E-state index contributed by atoms with van der Waals surface area (Å²) in [6, 6.07) is 8.31. The van der Waals surface area contributed by atoms with Crippen molar-refractivity contribution in [3.8, 4) is 0 Å². The van der Waals surface area contributed by atoms with E-state index in [4.69, 9.17) is 4.74 Å². The van der Waals surface area contributed by atoms with Crippen LogP contribution in [-0.4, -0.2) is 79.6 Å². The summed E-state index contributed by atoms with van der Waals surface area (Å²) in [5.41, 5.74) is 0.411. The second-order valence-electron chi connectivity index (χ2n) is 14.0. The van der Waals surface area contributed by atoms with Gasteiger partial charge in [0.2, 0.25) is 11.8 Å². The highest BCUT2D eigenvalue weighted by atomic mass is 32.2. The minimum Gasteiger partial charge on any atom is -0.466 e. The molecule has 0 aromatic heterocycles. The third-order valence-corrected chi connectivity index (χ3v) is 11.2. The van der Waals surface area contributed by atoms with Crippen molar-refractivity contribution < 1.29 is 24.2 Å². The Bertz CT molecular complexity index is 1160. The summed E-state index contributed by atoms with van der Waals surface area (Å²) >= 11 is 1.63. The van der Waals surface area contributed by atoms with E-state index in [0.717, 1.165) is 18.4 Å². The van der Waals surface area contributed by atoms with Crippen LogP contribution in [0.15, 0.2) is 43.0 Å². The molecule has 3 fully saturated rings. The fourth-order valence-corrected chi connectivity index (χ4v) is 10.4. The molecule has 1 aromatic carbocycles. The third kappa shape index (κ3) is 5.58. The number of rotatable bonds is 11. The topological polar surface area (TPSA) is 87.2 Å². The predicted molar refractivity (Wildman–Crippen MR) is 163 cm³/mol. The van der Waals surface area contributed by atoms with Crippen LogP contribution in [0.5, 0.6) is 0 Å². The molecular formula is C33H48N2O5S. The lowest BCUT2D eigenvalue weighted by atomic mass is 9.66. The van der Waals surface area contributed by atoms with Crippen LogP contribution >= 0.6 is 11.8 Å². The van der Waals surface area contributed by atoms with Gasteiger partial charge in [0, 0.05) is 16.8 Å². The van der Waals surface area contributed by atoms with Crippen LogP contribution in [-0.2, 0) is 25.5 Å². The van der Waals surface area contributed by atoms with E-state index in [1.165, 1.54) is 0 Å². The van der Waals surface area contributed by atoms with Crippen LogP contribution < -0.4 is 0 Å². The number of carbonyl (C=O) groups is 3. The minimum atomic E-state index is -0.814. The number of ether oxygens (including phenoxy) is 1. The number of esters is 1. The molecule has 1 aromatic rings. The molecule has 41 heavy (non-hydrogen) atoms. The Hall–Kier alpha value is -2.32. The van der Waals surface area contributed by atoms with Gasteiger partial charge in [0.15, 0.2) is 0 Å². The maximum Gasteiger partial charge on any atom is 0.311 e. The second-order valence-corrected chi connectivity index (χ2v) is 15.9. The normalized spacial score (nSPS) is 29.8. The first-order valence-corrected chi connectivity index (χ1v) is 15.7. The highest BCUT2D eigenvalue weighted by Crippen LogP contribution is 2.72. The number of thioether (sulfide) groups is 1. The molecule has 0 radical (unpaired) electrons. The van der Waals surface area contributed by atoms with Gasteiger partial charge in [-0.15, -0.1) is 18.3 Å². The number of hydrogen-bond acceptors (Lipinski definition) is 6. The highest BCUT2D eigenvalue weighted by molar-refractivity contribution is 8.02. The molecule has 2 amide bonds. The van der Waals surface area contributed by atoms with Gasteiger partial charge in [-0.3, -0.25) is 14.4 Å². The van der Waals surface area contributed by atoms with Crippen LogP contribution in [0.25, 0.3) is 0 Å². The zero-order chi connectivity index (χ0) is 30.4. The van der Waals surface area contributed by atoms with Crippen LogP contribution in [0.4, 0.5) is 0 Å². The van der Waals surface area contributed by atoms with E-state index in [1.54, 1.807) is 29.7 Å². The summed E-state index contributed by atoms with van der Waals surface area (Å²) in [7, 11) is 0. The van der Waals surface area contributed by atoms with Gasteiger partial charge in [0.05, 0.1) is 35.8 Å². The predicted octanol–water partition coefficient (Wildman–Crippen LogP) is 4.86. The zero-order valence-corrected chi connectivity index (χ0v) is 26.6. The molecule has 3 heterocycles. The Morgan fingerprint density at radius 3 is 2.44 bits per heavy atom. The molecule has 2 unspecified atom stereocenters. The number of benzene rings is 1. The van der Waals surface area contributed by atoms with Crippen LogP contribution in [0.2, 0.25) is 0 Å². The Kier molecular flexibility index (Phi) is 8.79. The highest BCUT2D eigenvalue weighted by Gasteiger charge is 2.78. The van der Waals surface area contributed by atoms with E-state index < -0.39 is 39.0 Å². The van der Waals surface area contributed by atoms with Gasteiger partial charge in [-0.25, -0.2) is 0 Å². The van der Waals surface area contributed by atoms with E-state index in [0.29, 0.717) is 19.4 Å². The molecule has 3 saturated heterocycles. The van der Waals surface area contributed by atoms with Crippen LogP contribution in [0, 0.1) is 17.3 Å². The Morgan fingerprint density at radius 2 is 1.88 bits per heavy atom. The molecule has 3 aliphatic rings. The number of carbonyl (C=O) groups excluding carboxylic acids is 3. The second kappa shape index (κ2) is 11.4. The van der Waals surface area contributed by atoms with Crippen LogP contribution in [0.1, 0.15) is 73.3 Å². The standard InChI is InChI=1S/C33H48N2O5S/c1-9-18-34(31(6,7)21-30(3,4)5)28(38)26-33-17-16-32(8,41-33)25(29(39)40-10-2)24(33)27(37)35(26)23(20-36)19-22-14-12-11-13-15-22/h9,11-15,23-26,36H,1,10,16-21H2,2-8H3/t23-,24+,25-,26?,32+,33?/m1/s1. The SMILES string of the molecule is C=CCN(C(=O)C1N([C@@H](CO)Cc2ccccc2)C(=O)[C@@H]2[C@H](C(=O)OCC)[C@]3(C)CCC12S3)C(C)(C)CC(C)(C)C. The first-order valence-electron chi connectivity index (χ1n) is 14.9. The smallest absolute Gasteiger partial charge is 0.311 e. The van der Waals surface area contributed by atoms with E-state index in [2.05, 4.69) is 41.2 Å². The van der Waals surface area contributed by atoms with Gasteiger partial charge < -0.3 is 19.6 Å². The van der Waals surface area contributed by atoms with Crippen molar-refractivity contribution >= 4 is 29.5 Å². The van der Waals surface area contributed by atoms with Gasteiger partial charge in [0.25, 0.3) is 0 Å². The Labute approximate surface area is 250 Å². The van der Waals surface area contributed by atoms with Gasteiger partial charge in [-0.2, -0.15) is 0 Å². The lowest BCUT2D eigenvalue weighted by molar-refractivity contribution is -0.155. The van der Waals surface area contributed by atoms with E-state index in [9.17, 15) is 14.7 Å². The molecule has 1 spiro atoms. The average Bonchev–Trinajstić information content (AvgIpc) is 3.45. The Balaban J connectivity index is 1.85. The van der Waals surface area contributed by atoms with Crippen molar-refractivity contribution in [1.29, 1.82) is 0 Å². The number of likely N-dealkylation sites (tertiary alicyclic amines) is 1. The summed E-state index contributed by atoms with van der Waals surface area (Å²) in [4.78, 5) is 46.6. The molecule has 3 aliphatic heterocycles. The van der Waals surface area contributed by atoms with Crippen molar-refractivity contribution in [2.24, 2.45) is 17.3 Å². The largest absolute Gasteiger partial charge is 0.466 e. The first kappa shape index (κ1) is 31.6. The molecule has 226 valence electrons. The van der Waals surface area contributed by atoms with Crippen LogP contribution in [0.3, 0.4) is 0 Å². The van der Waals surface area contributed by atoms with Gasteiger partial charge in [-0.1, -0.05) is 57.2 Å². The van der Waals surface area contributed by atoms with E-state index in [-0.39, 0.29) is 36.4 Å². The average molecular weight is 585 g/mol. The number of nitrogens with zero attached hydrogens (tertiary/aromatic N) is 2.